The van der Waals surface area contributed by atoms with Gasteiger partial charge in [0.15, 0.2) is 0 Å². The number of amides is 1. The van der Waals surface area contributed by atoms with Crippen LogP contribution < -0.4 is 14.8 Å². The van der Waals surface area contributed by atoms with Gasteiger partial charge in [0.25, 0.3) is 12.3 Å². The summed E-state index contributed by atoms with van der Waals surface area (Å²) in [4.78, 5) is 25.0. The second-order valence-corrected chi connectivity index (χ2v) is 5.97. The van der Waals surface area contributed by atoms with Crippen LogP contribution in [0.3, 0.4) is 0 Å². The molecule has 0 aromatic carbocycles. The Morgan fingerprint density at radius 2 is 2.04 bits per heavy atom. The number of methoxy groups -OCH3 is 2. The van der Waals surface area contributed by atoms with E-state index in [-0.39, 0.29) is 5.56 Å². The first-order valence-corrected chi connectivity index (χ1v) is 8.38. The van der Waals surface area contributed by atoms with E-state index in [0.29, 0.717) is 34.9 Å². The lowest BCUT2D eigenvalue weighted by Crippen LogP contribution is -2.28. The van der Waals surface area contributed by atoms with Gasteiger partial charge in [0.1, 0.15) is 17.6 Å². The number of ether oxygens (including phenoxy) is 2. The second kappa shape index (κ2) is 8.15. The largest absolute Gasteiger partial charge is 0.495 e. The van der Waals surface area contributed by atoms with Crippen LogP contribution in [0.25, 0.3) is 11.0 Å². The third-order valence-electron chi connectivity index (χ3n) is 4.24. The summed E-state index contributed by atoms with van der Waals surface area (Å²) in [7, 11) is 3.02. The lowest BCUT2D eigenvalue weighted by molar-refractivity contribution is 0.0893. The lowest BCUT2D eigenvalue weighted by atomic mass is 10.2. The van der Waals surface area contributed by atoms with Crippen molar-refractivity contribution in [2.45, 2.75) is 19.9 Å². The first-order valence-electron chi connectivity index (χ1n) is 8.38. The number of alkyl halides is 2. The molecule has 3 aromatic rings. The highest BCUT2D eigenvalue weighted by atomic mass is 19.3. The Labute approximate surface area is 159 Å². The number of pyridine rings is 1. The Morgan fingerprint density at radius 3 is 2.71 bits per heavy atom. The maximum absolute atomic E-state index is 12.5. The SMILES string of the molecule is COc1cnc2c(C(=O)NCC(F)F)cn(Cc3ncnc(OC)c3C)c2c1. The van der Waals surface area contributed by atoms with E-state index in [4.69, 9.17) is 9.47 Å². The molecule has 0 radical (unpaired) electrons. The molecule has 0 spiro atoms. The topological polar surface area (TPSA) is 91.2 Å². The van der Waals surface area contributed by atoms with Crippen LogP contribution in [0.5, 0.6) is 11.6 Å². The van der Waals surface area contributed by atoms with Crippen molar-refractivity contribution in [3.05, 3.63) is 41.6 Å². The number of rotatable bonds is 7. The van der Waals surface area contributed by atoms with Gasteiger partial charge in [-0.2, -0.15) is 0 Å². The molecule has 3 rings (SSSR count). The van der Waals surface area contributed by atoms with Crippen LogP contribution in [0.1, 0.15) is 21.6 Å². The number of nitrogens with one attached hydrogen (secondary N) is 1. The van der Waals surface area contributed by atoms with Crippen molar-refractivity contribution < 1.29 is 23.0 Å². The van der Waals surface area contributed by atoms with Gasteiger partial charge in [0.05, 0.1) is 50.3 Å². The van der Waals surface area contributed by atoms with Gasteiger partial charge < -0.3 is 19.4 Å². The van der Waals surface area contributed by atoms with Crippen LogP contribution in [-0.2, 0) is 6.54 Å². The quantitative estimate of drug-likeness (QED) is 0.664. The second-order valence-electron chi connectivity index (χ2n) is 5.97. The molecule has 0 aliphatic heterocycles. The summed E-state index contributed by atoms with van der Waals surface area (Å²) < 4.78 is 37.1. The van der Waals surface area contributed by atoms with E-state index in [1.165, 1.54) is 26.7 Å². The van der Waals surface area contributed by atoms with Gasteiger partial charge >= 0.3 is 0 Å². The number of nitrogens with zero attached hydrogens (tertiary/aromatic N) is 4. The highest BCUT2D eigenvalue weighted by Gasteiger charge is 2.19. The predicted molar refractivity (Wildman–Crippen MR) is 97.0 cm³/mol. The summed E-state index contributed by atoms with van der Waals surface area (Å²) >= 11 is 0. The zero-order valence-corrected chi connectivity index (χ0v) is 15.6. The molecule has 0 aliphatic carbocycles. The van der Waals surface area contributed by atoms with Crippen molar-refractivity contribution in [2.24, 2.45) is 0 Å². The minimum Gasteiger partial charge on any atom is -0.495 e. The zero-order valence-electron chi connectivity index (χ0n) is 15.6. The van der Waals surface area contributed by atoms with E-state index in [1.54, 1.807) is 16.8 Å². The Morgan fingerprint density at radius 1 is 1.25 bits per heavy atom. The standard InChI is InChI=1S/C18H19F2N5O3/c1-10-13(23-9-24-18(10)28-3)8-25-7-12(17(26)22-6-15(19)20)16-14(25)4-11(27-2)5-21-16/h4-5,7,9,15H,6,8H2,1-3H3,(H,22,26). The Hall–Kier alpha value is -3.30. The molecule has 1 amide bonds. The summed E-state index contributed by atoms with van der Waals surface area (Å²) in [5, 5.41) is 2.21. The molecular formula is C18H19F2N5O3. The smallest absolute Gasteiger partial charge is 0.255 e. The van der Waals surface area contributed by atoms with Gasteiger partial charge in [-0.1, -0.05) is 0 Å². The van der Waals surface area contributed by atoms with Crippen LogP contribution in [-0.4, -0.2) is 52.6 Å². The summed E-state index contributed by atoms with van der Waals surface area (Å²) in [5.74, 6) is 0.328. The Bertz CT molecular complexity index is 1010. The first-order chi connectivity index (χ1) is 13.4. The van der Waals surface area contributed by atoms with E-state index in [9.17, 15) is 13.6 Å². The molecule has 0 aliphatic rings. The fourth-order valence-electron chi connectivity index (χ4n) is 2.82. The van der Waals surface area contributed by atoms with Crippen LogP contribution in [0, 0.1) is 6.92 Å². The van der Waals surface area contributed by atoms with Gasteiger partial charge in [-0.15, -0.1) is 0 Å². The molecular weight excluding hydrogens is 372 g/mol. The van der Waals surface area contributed by atoms with Gasteiger partial charge in [-0.3, -0.25) is 4.79 Å². The third-order valence-corrected chi connectivity index (χ3v) is 4.24. The fourth-order valence-corrected chi connectivity index (χ4v) is 2.82. The first kappa shape index (κ1) is 19.5. The maximum atomic E-state index is 12.5. The monoisotopic (exact) mass is 391 g/mol. The lowest BCUT2D eigenvalue weighted by Gasteiger charge is -2.10. The zero-order chi connectivity index (χ0) is 20.3. The van der Waals surface area contributed by atoms with Gasteiger partial charge in [-0.25, -0.2) is 23.7 Å². The maximum Gasteiger partial charge on any atom is 0.255 e. The summed E-state index contributed by atoms with van der Waals surface area (Å²) in [6.07, 6.45) is 1.78. The average Bonchev–Trinajstić information content (AvgIpc) is 3.05. The highest BCUT2D eigenvalue weighted by molar-refractivity contribution is 6.05. The summed E-state index contributed by atoms with van der Waals surface area (Å²) in [5.41, 5.74) is 2.62. The number of carbonyl (C=O) groups is 1. The normalized spacial score (nSPS) is 11.1. The molecule has 0 unspecified atom stereocenters. The molecule has 8 nitrogen and oxygen atoms in total. The molecule has 3 heterocycles. The van der Waals surface area contributed by atoms with Crippen LogP contribution in [0.2, 0.25) is 0 Å². The van der Waals surface area contributed by atoms with E-state index in [1.807, 2.05) is 6.92 Å². The Kier molecular flexibility index (Phi) is 5.67. The predicted octanol–water partition coefficient (Wildman–Crippen LogP) is 2.20. The molecule has 0 saturated heterocycles. The molecule has 0 saturated carbocycles. The van der Waals surface area contributed by atoms with Gasteiger partial charge in [-0.05, 0) is 6.92 Å². The number of halogens is 2. The van der Waals surface area contributed by atoms with E-state index >= 15 is 0 Å². The minimum atomic E-state index is -2.64. The van der Waals surface area contributed by atoms with Crippen molar-refractivity contribution in [3.8, 4) is 11.6 Å². The van der Waals surface area contributed by atoms with Crippen molar-refractivity contribution >= 4 is 16.9 Å². The Balaban J connectivity index is 2.05. The number of hydrogen-bond acceptors (Lipinski definition) is 6. The van der Waals surface area contributed by atoms with Gasteiger partial charge in [0.2, 0.25) is 5.88 Å². The number of carbonyl (C=O) groups excluding carboxylic acids is 1. The average molecular weight is 391 g/mol. The van der Waals surface area contributed by atoms with Crippen molar-refractivity contribution in [3.63, 3.8) is 0 Å². The molecule has 0 atom stereocenters. The molecule has 0 fully saturated rings. The number of hydrogen-bond donors (Lipinski definition) is 1. The minimum absolute atomic E-state index is 0.192. The van der Waals surface area contributed by atoms with Crippen LogP contribution >= 0.6 is 0 Å². The molecule has 1 N–H and O–H groups in total. The highest BCUT2D eigenvalue weighted by Crippen LogP contribution is 2.25. The van der Waals surface area contributed by atoms with Crippen molar-refractivity contribution in [1.29, 1.82) is 0 Å². The van der Waals surface area contributed by atoms with E-state index in [2.05, 4.69) is 20.3 Å². The number of aromatic nitrogens is 4. The summed E-state index contributed by atoms with van der Waals surface area (Å²) in [6, 6.07) is 1.72. The van der Waals surface area contributed by atoms with Gasteiger partial charge in [0, 0.05) is 17.8 Å². The molecule has 10 heteroatoms. The van der Waals surface area contributed by atoms with Crippen LogP contribution in [0.15, 0.2) is 24.8 Å². The molecule has 3 aromatic heterocycles. The third kappa shape index (κ3) is 3.85. The molecule has 28 heavy (non-hydrogen) atoms. The van der Waals surface area contributed by atoms with E-state index < -0.39 is 18.9 Å². The molecule has 0 bridgehead atoms. The summed E-state index contributed by atoms with van der Waals surface area (Å²) in [6.45, 7) is 1.40. The van der Waals surface area contributed by atoms with Crippen molar-refractivity contribution in [2.75, 3.05) is 20.8 Å². The number of fused-ring (bicyclic) bond motifs is 1. The van der Waals surface area contributed by atoms with E-state index in [0.717, 1.165) is 5.56 Å². The molecule has 148 valence electrons. The fraction of sp³-hybridized carbons (Fsp3) is 0.333. The van der Waals surface area contributed by atoms with Crippen molar-refractivity contribution in [1.82, 2.24) is 24.8 Å². The van der Waals surface area contributed by atoms with Crippen LogP contribution in [0.4, 0.5) is 8.78 Å².